The standard InChI is InChI=1S/C14H20N2O2.ClH/c1-10(15)11-2-4-12(5-3-11)14(17)16-13-6-8-18-9-7-13;/h2-5,10,13H,6-9,15H2,1H3,(H,16,17);1H/t10-;/m0./s1. The molecule has 1 atom stereocenters. The SMILES string of the molecule is C[C@H](N)c1ccc(C(=O)NC2CCOCC2)cc1.Cl. The van der Waals surface area contributed by atoms with Crippen LogP contribution in [0, 0.1) is 0 Å². The number of amides is 1. The number of halogens is 1. The zero-order chi connectivity index (χ0) is 13.0. The van der Waals surface area contributed by atoms with Crippen molar-refractivity contribution in [2.45, 2.75) is 31.8 Å². The fourth-order valence-electron chi connectivity index (χ4n) is 2.05. The van der Waals surface area contributed by atoms with Crippen LogP contribution < -0.4 is 11.1 Å². The molecule has 1 aromatic rings. The van der Waals surface area contributed by atoms with Crippen LogP contribution in [0.1, 0.15) is 41.7 Å². The van der Waals surface area contributed by atoms with Crippen molar-refractivity contribution in [1.82, 2.24) is 5.32 Å². The van der Waals surface area contributed by atoms with Crippen molar-refractivity contribution in [3.8, 4) is 0 Å². The van der Waals surface area contributed by atoms with Gasteiger partial charge in [-0.3, -0.25) is 4.79 Å². The highest BCUT2D eigenvalue weighted by Crippen LogP contribution is 2.12. The summed E-state index contributed by atoms with van der Waals surface area (Å²) in [6.45, 7) is 3.39. The molecule has 1 aliphatic heterocycles. The Hall–Kier alpha value is -1.10. The fraction of sp³-hybridized carbons (Fsp3) is 0.500. The molecule has 1 aromatic carbocycles. The first-order valence-electron chi connectivity index (χ1n) is 6.41. The molecule has 5 heteroatoms. The average molecular weight is 285 g/mol. The van der Waals surface area contributed by atoms with Gasteiger partial charge in [-0.05, 0) is 37.5 Å². The first kappa shape index (κ1) is 16.0. The van der Waals surface area contributed by atoms with Crippen LogP contribution in [0.5, 0.6) is 0 Å². The van der Waals surface area contributed by atoms with Crippen LogP contribution in [-0.4, -0.2) is 25.2 Å². The Bertz CT molecular complexity index is 400. The first-order valence-corrected chi connectivity index (χ1v) is 6.41. The molecule has 0 unspecified atom stereocenters. The lowest BCUT2D eigenvalue weighted by atomic mass is 10.1. The molecule has 4 nitrogen and oxygen atoms in total. The van der Waals surface area contributed by atoms with E-state index in [1.807, 2.05) is 31.2 Å². The fourth-order valence-corrected chi connectivity index (χ4v) is 2.05. The molecule has 0 radical (unpaired) electrons. The van der Waals surface area contributed by atoms with Gasteiger partial charge in [-0.25, -0.2) is 0 Å². The summed E-state index contributed by atoms with van der Waals surface area (Å²) in [5, 5.41) is 3.03. The highest BCUT2D eigenvalue weighted by atomic mass is 35.5. The number of carbonyl (C=O) groups is 1. The maximum absolute atomic E-state index is 12.0. The van der Waals surface area contributed by atoms with Crippen molar-refractivity contribution in [3.05, 3.63) is 35.4 Å². The van der Waals surface area contributed by atoms with Crippen LogP contribution in [0.3, 0.4) is 0 Å². The third-order valence-electron chi connectivity index (χ3n) is 3.26. The maximum Gasteiger partial charge on any atom is 0.251 e. The monoisotopic (exact) mass is 284 g/mol. The number of hydrogen-bond acceptors (Lipinski definition) is 3. The van der Waals surface area contributed by atoms with Crippen LogP contribution in [0.4, 0.5) is 0 Å². The van der Waals surface area contributed by atoms with E-state index in [2.05, 4.69) is 5.32 Å². The van der Waals surface area contributed by atoms with E-state index in [0.29, 0.717) is 5.56 Å². The predicted octanol–water partition coefficient (Wildman–Crippen LogP) is 2.04. The predicted molar refractivity (Wildman–Crippen MR) is 77.6 cm³/mol. The summed E-state index contributed by atoms with van der Waals surface area (Å²) < 4.78 is 5.26. The smallest absolute Gasteiger partial charge is 0.251 e. The lowest BCUT2D eigenvalue weighted by Gasteiger charge is -2.23. The van der Waals surface area contributed by atoms with Gasteiger partial charge in [-0.1, -0.05) is 12.1 Å². The van der Waals surface area contributed by atoms with Gasteiger partial charge in [0.1, 0.15) is 0 Å². The van der Waals surface area contributed by atoms with Gasteiger partial charge in [0.25, 0.3) is 5.91 Å². The van der Waals surface area contributed by atoms with Crippen LogP contribution in [-0.2, 0) is 4.74 Å². The van der Waals surface area contributed by atoms with E-state index < -0.39 is 0 Å². The lowest BCUT2D eigenvalue weighted by molar-refractivity contribution is 0.0696. The number of ether oxygens (including phenoxy) is 1. The molecule has 0 bridgehead atoms. The molecule has 1 fully saturated rings. The number of hydrogen-bond donors (Lipinski definition) is 2. The molecule has 0 aromatic heterocycles. The molecule has 2 rings (SSSR count). The second kappa shape index (κ2) is 7.48. The highest BCUT2D eigenvalue weighted by molar-refractivity contribution is 5.94. The number of benzene rings is 1. The Morgan fingerprint density at radius 3 is 2.42 bits per heavy atom. The minimum Gasteiger partial charge on any atom is -0.381 e. The topological polar surface area (TPSA) is 64.4 Å². The Balaban J connectivity index is 0.00000180. The summed E-state index contributed by atoms with van der Waals surface area (Å²) in [7, 11) is 0. The lowest BCUT2D eigenvalue weighted by Crippen LogP contribution is -2.38. The van der Waals surface area contributed by atoms with Crippen LogP contribution in [0.25, 0.3) is 0 Å². The zero-order valence-corrected chi connectivity index (χ0v) is 11.9. The minimum atomic E-state index is -0.0156. The van der Waals surface area contributed by atoms with E-state index in [0.717, 1.165) is 31.6 Å². The van der Waals surface area contributed by atoms with E-state index in [1.165, 1.54) is 0 Å². The second-order valence-electron chi connectivity index (χ2n) is 4.77. The summed E-state index contributed by atoms with van der Waals surface area (Å²) in [6.07, 6.45) is 1.79. The normalized spacial score (nSPS) is 17.4. The molecule has 19 heavy (non-hydrogen) atoms. The Morgan fingerprint density at radius 1 is 1.32 bits per heavy atom. The molecule has 1 aliphatic rings. The Kier molecular flexibility index (Phi) is 6.28. The third-order valence-corrected chi connectivity index (χ3v) is 3.26. The van der Waals surface area contributed by atoms with Crippen molar-refractivity contribution in [3.63, 3.8) is 0 Å². The van der Waals surface area contributed by atoms with Crippen molar-refractivity contribution >= 4 is 18.3 Å². The number of rotatable bonds is 3. The van der Waals surface area contributed by atoms with E-state index in [4.69, 9.17) is 10.5 Å². The third kappa shape index (κ3) is 4.49. The summed E-state index contributed by atoms with van der Waals surface area (Å²) in [5.74, 6) is -0.0156. The Labute approximate surface area is 120 Å². The molecule has 1 saturated heterocycles. The summed E-state index contributed by atoms with van der Waals surface area (Å²) in [6, 6.07) is 7.70. The Morgan fingerprint density at radius 2 is 1.89 bits per heavy atom. The molecule has 1 amide bonds. The molecule has 106 valence electrons. The van der Waals surface area contributed by atoms with Gasteiger partial charge in [0.05, 0.1) is 0 Å². The van der Waals surface area contributed by atoms with Gasteiger partial charge in [0, 0.05) is 30.9 Å². The average Bonchev–Trinajstić information content (AvgIpc) is 2.40. The van der Waals surface area contributed by atoms with E-state index in [9.17, 15) is 4.79 Å². The van der Waals surface area contributed by atoms with Crippen LogP contribution in [0.15, 0.2) is 24.3 Å². The number of nitrogens with two attached hydrogens (primary N) is 1. The van der Waals surface area contributed by atoms with E-state index in [-0.39, 0.29) is 30.4 Å². The van der Waals surface area contributed by atoms with Gasteiger partial charge in [0.2, 0.25) is 0 Å². The van der Waals surface area contributed by atoms with Crippen molar-refractivity contribution < 1.29 is 9.53 Å². The quantitative estimate of drug-likeness (QED) is 0.893. The van der Waals surface area contributed by atoms with Crippen molar-refractivity contribution in [2.75, 3.05) is 13.2 Å². The molecule has 3 N–H and O–H groups in total. The van der Waals surface area contributed by atoms with E-state index >= 15 is 0 Å². The van der Waals surface area contributed by atoms with Gasteiger partial charge < -0.3 is 15.8 Å². The zero-order valence-electron chi connectivity index (χ0n) is 11.1. The van der Waals surface area contributed by atoms with Crippen LogP contribution >= 0.6 is 12.4 Å². The van der Waals surface area contributed by atoms with Crippen LogP contribution in [0.2, 0.25) is 0 Å². The van der Waals surface area contributed by atoms with Gasteiger partial charge in [0.15, 0.2) is 0 Å². The van der Waals surface area contributed by atoms with E-state index in [1.54, 1.807) is 0 Å². The molecule has 0 saturated carbocycles. The largest absolute Gasteiger partial charge is 0.381 e. The summed E-state index contributed by atoms with van der Waals surface area (Å²) in [5.41, 5.74) is 7.50. The second-order valence-corrected chi connectivity index (χ2v) is 4.77. The molecule has 0 spiro atoms. The summed E-state index contributed by atoms with van der Waals surface area (Å²) in [4.78, 5) is 12.0. The summed E-state index contributed by atoms with van der Waals surface area (Å²) >= 11 is 0. The molecule has 0 aliphatic carbocycles. The maximum atomic E-state index is 12.0. The first-order chi connectivity index (χ1) is 8.66. The van der Waals surface area contributed by atoms with Crippen molar-refractivity contribution in [2.24, 2.45) is 5.73 Å². The molecular formula is C14H21ClN2O2. The highest BCUT2D eigenvalue weighted by Gasteiger charge is 2.16. The number of carbonyl (C=O) groups excluding carboxylic acids is 1. The minimum absolute atomic E-state index is 0. The molecular weight excluding hydrogens is 264 g/mol. The van der Waals surface area contributed by atoms with Gasteiger partial charge >= 0.3 is 0 Å². The molecule has 1 heterocycles. The number of nitrogens with one attached hydrogen (secondary N) is 1. The van der Waals surface area contributed by atoms with Gasteiger partial charge in [-0.15, -0.1) is 12.4 Å². The van der Waals surface area contributed by atoms with Gasteiger partial charge in [-0.2, -0.15) is 0 Å². The van der Waals surface area contributed by atoms with Crippen molar-refractivity contribution in [1.29, 1.82) is 0 Å².